The Hall–Kier alpha value is -6.87. The third-order valence-corrected chi connectivity index (χ3v) is 16.9. The summed E-state index contributed by atoms with van der Waals surface area (Å²) >= 11 is 0. The van der Waals surface area contributed by atoms with E-state index in [1.54, 1.807) is 26.0 Å². The van der Waals surface area contributed by atoms with Crippen molar-refractivity contribution in [1.29, 1.82) is 0 Å². The lowest BCUT2D eigenvalue weighted by Crippen LogP contribution is -2.54. The normalized spacial score (nSPS) is 16.7. The molecule has 4 unspecified atom stereocenters. The summed E-state index contributed by atoms with van der Waals surface area (Å²) in [5.74, 6) is 1.97. The zero-order valence-electron chi connectivity index (χ0n) is 48.9. The van der Waals surface area contributed by atoms with E-state index in [-0.39, 0.29) is 22.2 Å². The van der Waals surface area contributed by atoms with E-state index in [2.05, 4.69) is 65.8 Å². The number of hydrogen-bond acceptors (Lipinski definition) is 9. The van der Waals surface area contributed by atoms with E-state index in [0.717, 1.165) is 47.9 Å². The summed E-state index contributed by atoms with van der Waals surface area (Å²) < 4.78 is 37.4. The van der Waals surface area contributed by atoms with Gasteiger partial charge >= 0.3 is 17.9 Å². The predicted octanol–water partition coefficient (Wildman–Crippen LogP) is 17.1. The number of rotatable bonds is 20. The summed E-state index contributed by atoms with van der Waals surface area (Å²) in [7, 11) is 0. The number of carbonyl (C=O) groups is 3. The summed E-state index contributed by atoms with van der Waals surface area (Å²) in [4.78, 5) is 41.4. The van der Waals surface area contributed by atoms with E-state index in [1.165, 1.54) is 17.5 Å². The van der Waals surface area contributed by atoms with Gasteiger partial charge in [0.05, 0.1) is 0 Å². The molecular weight excluding hydrogens is 973 g/mol. The molecule has 1 aliphatic rings. The molecule has 0 heterocycles. The zero-order chi connectivity index (χ0) is 56.7. The van der Waals surface area contributed by atoms with Crippen LogP contribution in [-0.4, -0.2) is 34.7 Å². The molecule has 0 spiro atoms. The first kappa shape index (κ1) is 58.8. The highest BCUT2D eigenvalue weighted by Crippen LogP contribution is 2.47. The van der Waals surface area contributed by atoms with Crippen LogP contribution in [0, 0.1) is 5.41 Å². The van der Waals surface area contributed by atoms with Crippen LogP contribution in [0.2, 0.25) is 0 Å². The molecule has 9 heteroatoms. The molecule has 9 nitrogen and oxygen atoms in total. The third-order valence-electron chi connectivity index (χ3n) is 16.9. The number of carbonyl (C=O) groups excluding carboxylic acids is 3. The molecule has 1 saturated carbocycles. The Bertz CT molecular complexity index is 2960. The molecule has 0 amide bonds. The summed E-state index contributed by atoms with van der Waals surface area (Å²) in [6, 6.07) is 47.0. The molecule has 6 aromatic rings. The smallest absolute Gasteiger partial charge is 0.355 e. The fourth-order valence-electron chi connectivity index (χ4n) is 10.3. The second kappa shape index (κ2) is 23.6. The lowest BCUT2D eigenvalue weighted by atomic mass is 9.65. The molecule has 78 heavy (non-hydrogen) atoms. The van der Waals surface area contributed by atoms with Crippen LogP contribution in [0.5, 0.6) is 34.5 Å². The molecule has 414 valence electrons. The van der Waals surface area contributed by atoms with Crippen LogP contribution in [-0.2, 0) is 30.6 Å². The number of esters is 3. The second-order valence-corrected chi connectivity index (χ2v) is 24.2. The molecular formula is C69H84O9. The van der Waals surface area contributed by atoms with Crippen LogP contribution in [0.4, 0.5) is 0 Å². The molecule has 1 aliphatic carbocycles. The van der Waals surface area contributed by atoms with Gasteiger partial charge in [-0.15, -0.1) is 0 Å². The van der Waals surface area contributed by atoms with Gasteiger partial charge in [0, 0.05) is 5.41 Å². The van der Waals surface area contributed by atoms with Crippen LogP contribution >= 0.6 is 0 Å². The van der Waals surface area contributed by atoms with E-state index in [1.807, 2.05) is 151 Å². The average Bonchev–Trinajstić information content (AvgIpc) is 3.43. The first-order valence-corrected chi connectivity index (χ1v) is 28.2. The lowest BCUT2D eigenvalue weighted by Gasteiger charge is -2.43. The quantitative estimate of drug-likeness (QED) is 0.0546. The van der Waals surface area contributed by atoms with E-state index in [4.69, 9.17) is 28.4 Å². The Labute approximate surface area is 465 Å². The largest absolute Gasteiger partial charge is 0.486 e. The van der Waals surface area contributed by atoms with Crippen molar-refractivity contribution in [3.8, 4) is 45.6 Å². The summed E-state index contributed by atoms with van der Waals surface area (Å²) in [5.41, 5.74) is 2.07. The Morgan fingerprint density at radius 2 is 0.692 bits per heavy atom. The van der Waals surface area contributed by atoms with Gasteiger partial charge in [-0.05, 0) is 183 Å². The molecule has 4 atom stereocenters. The topological polar surface area (TPSA) is 107 Å². The minimum atomic E-state index is -1.19. The maximum atomic E-state index is 14.4. The maximum Gasteiger partial charge on any atom is 0.355 e. The maximum absolute atomic E-state index is 14.4. The highest BCUT2D eigenvalue weighted by atomic mass is 16.6. The van der Waals surface area contributed by atoms with E-state index >= 15 is 0 Å². The van der Waals surface area contributed by atoms with E-state index in [9.17, 15) is 14.4 Å². The monoisotopic (exact) mass is 1060 g/mol. The van der Waals surface area contributed by atoms with Gasteiger partial charge in [0.15, 0.2) is 0 Å². The van der Waals surface area contributed by atoms with Gasteiger partial charge in [-0.1, -0.05) is 161 Å². The van der Waals surface area contributed by atoms with Gasteiger partial charge in [0.1, 0.15) is 45.5 Å². The third kappa shape index (κ3) is 13.0. The molecule has 7 rings (SSSR count). The SMILES string of the molecule is CCC(C)(Oc1ccc(C(C)(C)C)cc1)C(=O)Oc1ccc(-c2ccc(OC(C)(CC)C(C)(CC)C(=O)Oc3ccc(C4(c5ccc(OC(C)(CC)C(=O)Oc6ccc(C(C)(C)C)cc6)cc5)CCCCC4)cc3)cc2)cc1. The van der Waals surface area contributed by atoms with Gasteiger partial charge in [0.25, 0.3) is 0 Å². The van der Waals surface area contributed by atoms with Crippen molar-refractivity contribution in [2.75, 3.05) is 0 Å². The van der Waals surface area contributed by atoms with Crippen molar-refractivity contribution in [3.63, 3.8) is 0 Å². The predicted molar refractivity (Wildman–Crippen MR) is 312 cm³/mol. The Morgan fingerprint density at radius 1 is 0.372 bits per heavy atom. The van der Waals surface area contributed by atoms with Gasteiger partial charge in [-0.25, -0.2) is 9.59 Å². The van der Waals surface area contributed by atoms with E-state index < -0.39 is 34.2 Å². The van der Waals surface area contributed by atoms with Crippen molar-refractivity contribution in [1.82, 2.24) is 0 Å². The molecule has 0 saturated heterocycles. The molecule has 0 aliphatic heterocycles. The minimum absolute atomic E-state index is 0.00732. The van der Waals surface area contributed by atoms with Crippen LogP contribution < -0.4 is 28.4 Å². The van der Waals surface area contributed by atoms with Gasteiger partial charge in [0.2, 0.25) is 11.2 Å². The van der Waals surface area contributed by atoms with Gasteiger partial charge < -0.3 is 28.4 Å². The van der Waals surface area contributed by atoms with Crippen molar-refractivity contribution >= 4 is 17.9 Å². The molecule has 1 fully saturated rings. The molecule has 0 N–H and O–H groups in total. The minimum Gasteiger partial charge on any atom is -0.486 e. The number of hydrogen-bond donors (Lipinski definition) is 0. The molecule has 0 bridgehead atoms. The van der Waals surface area contributed by atoms with Crippen LogP contribution in [0.1, 0.15) is 177 Å². The first-order valence-electron chi connectivity index (χ1n) is 28.2. The standard InChI is InChI=1S/C69H84O9/c1-15-65(11,68(14,18-4)78-59-36-24-49(25-37-59)48-22-34-54(35-23-48)74-61(71)66(12,16-2)76-57-42-28-51(29-43-57)64(8,9)10)60(70)73-55-40-30-52(31-41-55)69(46-20-19-21-47-69)53-32-44-58(45-33-53)77-67(13,17-3)62(72)75-56-38-26-50(27-39-56)63(5,6)7/h22-45H,15-21,46-47H2,1-14H3. The highest BCUT2D eigenvalue weighted by molar-refractivity contribution is 5.83. The zero-order valence-corrected chi connectivity index (χ0v) is 48.9. The number of benzene rings is 6. The second-order valence-electron chi connectivity index (χ2n) is 24.2. The van der Waals surface area contributed by atoms with Crippen molar-refractivity contribution in [2.24, 2.45) is 5.41 Å². The average molecular weight is 1060 g/mol. The van der Waals surface area contributed by atoms with Crippen molar-refractivity contribution < 1.29 is 42.8 Å². The Kier molecular flexibility index (Phi) is 17.8. The Balaban J connectivity index is 0.979. The fourth-order valence-corrected chi connectivity index (χ4v) is 10.3. The summed E-state index contributed by atoms with van der Waals surface area (Å²) in [5, 5.41) is 0. The van der Waals surface area contributed by atoms with Gasteiger partial charge in [-0.2, -0.15) is 0 Å². The van der Waals surface area contributed by atoms with Crippen molar-refractivity contribution in [2.45, 2.75) is 188 Å². The molecule has 0 aromatic heterocycles. The van der Waals surface area contributed by atoms with Gasteiger partial charge in [-0.3, -0.25) is 4.79 Å². The number of ether oxygens (including phenoxy) is 6. The highest BCUT2D eigenvalue weighted by Gasteiger charge is 2.52. The van der Waals surface area contributed by atoms with Crippen LogP contribution in [0.3, 0.4) is 0 Å². The first-order chi connectivity index (χ1) is 36.8. The van der Waals surface area contributed by atoms with Crippen LogP contribution in [0.25, 0.3) is 11.1 Å². The molecule has 0 radical (unpaired) electrons. The fraction of sp³-hybridized carbons (Fsp3) is 0.435. The summed E-state index contributed by atoms with van der Waals surface area (Å²) in [6.45, 7) is 28.2. The van der Waals surface area contributed by atoms with Crippen LogP contribution in [0.15, 0.2) is 146 Å². The van der Waals surface area contributed by atoms with Crippen molar-refractivity contribution in [3.05, 3.63) is 168 Å². The summed E-state index contributed by atoms with van der Waals surface area (Å²) in [6.07, 6.45) is 7.22. The lowest BCUT2D eigenvalue weighted by molar-refractivity contribution is -0.160. The Morgan fingerprint density at radius 3 is 1.05 bits per heavy atom. The van der Waals surface area contributed by atoms with E-state index in [0.29, 0.717) is 60.2 Å². The molecule has 6 aromatic carbocycles.